The first-order valence-corrected chi connectivity index (χ1v) is 7.41. The smallest absolute Gasteiger partial charge is 0.292 e. The highest BCUT2D eigenvalue weighted by atomic mass is 16.6. The van der Waals surface area contributed by atoms with E-state index >= 15 is 0 Å². The van der Waals surface area contributed by atoms with Crippen LogP contribution in [0.15, 0.2) is 48.5 Å². The Labute approximate surface area is 134 Å². The molecule has 0 aliphatic carbocycles. The number of benzene rings is 2. The van der Waals surface area contributed by atoms with Crippen LogP contribution >= 0.6 is 0 Å². The van der Waals surface area contributed by atoms with Crippen LogP contribution in [0.4, 0.5) is 17.1 Å². The van der Waals surface area contributed by atoms with Gasteiger partial charge in [-0.25, -0.2) is 0 Å². The number of anilines is 2. The summed E-state index contributed by atoms with van der Waals surface area (Å²) in [6.07, 6.45) is 0.909. The third kappa shape index (κ3) is 4.29. The van der Waals surface area contributed by atoms with Crippen molar-refractivity contribution < 1.29 is 9.72 Å². The highest BCUT2D eigenvalue weighted by molar-refractivity contribution is 5.97. The molecule has 2 aromatic rings. The number of carbonyl (C=O) groups excluding carboxylic acids is 1. The van der Waals surface area contributed by atoms with Crippen molar-refractivity contribution in [1.29, 1.82) is 0 Å². The molecule has 2 N–H and O–H groups in total. The summed E-state index contributed by atoms with van der Waals surface area (Å²) in [6, 6.07) is 13.4. The van der Waals surface area contributed by atoms with Gasteiger partial charge in [0.25, 0.3) is 5.69 Å². The summed E-state index contributed by atoms with van der Waals surface area (Å²) in [6.45, 7) is 3.77. The molecule has 0 bridgehead atoms. The van der Waals surface area contributed by atoms with Crippen LogP contribution in [0, 0.1) is 10.1 Å². The lowest BCUT2D eigenvalue weighted by molar-refractivity contribution is -0.383. The number of aryl methyl sites for hydroxylation is 1. The minimum absolute atomic E-state index is 0.124. The van der Waals surface area contributed by atoms with Gasteiger partial charge in [-0.3, -0.25) is 14.9 Å². The maximum absolute atomic E-state index is 12.2. The zero-order chi connectivity index (χ0) is 16.8. The van der Waals surface area contributed by atoms with Crippen molar-refractivity contribution in [3.63, 3.8) is 0 Å². The average molecular weight is 313 g/mol. The number of nitro groups is 1. The van der Waals surface area contributed by atoms with Gasteiger partial charge in [-0.1, -0.05) is 31.2 Å². The molecule has 0 aliphatic heterocycles. The van der Waals surface area contributed by atoms with Gasteiger partial charge in [0, 0.05) is 11.8 Å². The molecule has 0 saturated heterocycles. The van der Waals surface area contributed by atoms with E-state index in [0.717, 1.165) is 12.1 Å². The first kappa shape index (κ1) is 16.5. The van der Waals surface area contributed by atoms with Gasteiger partial charge < -0.3 is 10.6 Å². The molecule has 0 aromatic heterocycles. The van der Waals surface area contributed by atoms with Gasteiger partial charge in [-0.05, 0) is 37.1 Å². The van der Waals surface area contributed by atoms with Gasteiger partial charge in [0.2, 0.25) is 5.91 Å². The zero-order valence-corrected chi connectivity index (χ0v) is 13.1. The van der Waals surface area contributed by atoms with Crippen LogP contribution in [0.1, 0.15) is 19.4 Å². The van der Waals surface area contributed by atoms with E-state index in [9.17, 15) is 14.9 Å². The van der Waals surface area contributed by atoms with E-state index in [1.165, 1.54) is 17.7 Å². The van der Waals surface area contributed by atoms with E-state index in [-0.39, 0.29) is 17.3 Å². The van der Waals surface area contributed by atoms with E-state index in [1.807, 2.05) is 24.3 Å². The molecule has 1 atom stereocenters. The van der Waals surface area contributed by atoms with Gasteiger partial charge >= 0.3 is 0 Å². The Bertz CT molecular complexity index is 716. The Morgan fingerprint density at radius 3 is 2.65 bits per heavy atom. The molecule has 0 saturated carbocycles. The van der Waals surface area contributed by atoms with Crippen molar-refractivity contribution in [1.82, 2.24) is 0 Å². The average Bonchev–Trinajstić information content (AvgIpc) is 2.55. The summed E-state index contributed by atoms with van der Waals surface area (Å²) in [5.41, 5.74) is 2.08. The third-order valence-corrected chi connectivity index (χ3v) is 3.47. The summed E-state index contributed by atoms with van der Waals surface area (Å²) < 4.78 is 0. The largest absolute Gasteiger partial charge is 0.374 e. The molecule has 6 nitrogen and oxygen atoms in total. The molecule has 0 spiro atoms. The van der Waals surface area contributed by atoms with Gasteiger partial charge in [0.1, 0.15) is 11.7 Å². The third-order valence-electron chi connectivity index (χ3n) is 3.47. The van der Waals surface area contributed by atoms with Crippen molar-refractivity contribution >= 4 is 23.0 Å². The molecule has 23 heavy (non-hydrogen) atoms. The molecule has 1 amide bonds. The molecule has 2 aromatic carbocycles. The minimum atomic E-state index is -0.526. The normalized spacial score (nSPS) is 11.6. The summed E-state index contributed by atoms with van der Waals surface area (Å²) in [5.74, 6) is -0.332. The molecule has 0 fully saturated rings. The summed E-state index contributed by atoms with van der Waals surface area (Å²) >= 11 is 0. The number of nitro benzene ring substituents is 1. The molecular weight excluding hydrogens is 294 g/mol. The fourth-order valence-electron chi connectivity index (χ4n) is 2.18. The predicted molar refractivity (Wildman–Crippen MR) is 90.6 cm³/mol. The molecular formula is C17H19N3O3. The van der Waals surface area contributed by atoms with Crippen molar-refractivity contribution in [2.24, 2.45) is 0 Å². The highest BCUT2D eigenvalue weighted by Gasteiger charge is 2.18. The Hall–Kier alpha value is -2.89. The Morgan fingerprint density at radius 1 is 1.22 bits per heavy atom. The van der Waals surface area contributed by atoms with Crippen LogP contribution < -0.4 is 10.6 Å². The van der Waals surface area contributed by atoms with Crippen molar-refractivity contribution in [3.05, 3.63) is 64.2 Å². The molecule has 0 heterocycles. The second-order valence-electron chi connectivity index (χ2n) is 5.18. The zero-order valence-electron chi connectivity index (χ0n) is 13.1. The predicted octanol–water partition coefficient (Wildman–Crippen LogP) is 3.60. The van der Waals surface area contributed by atoms with Crippen LogP contribution in [0.2, 0.25) is 0 Å². The lowest BCUT2D eigenvalue weighted by Gasteiger charge is -2.16. The van der Waals surface area contributed by atoms with E-state index in [2.05, 4.69) is 17.6 Å². The van der Waals surface area contributed by atoms with Crippen LogP contribution in [0.3, 0.4) is 0 Å². The van der Waals surface area contributed by atoms with Crippen LogP contribution in [0.5, 0.6) is 0 Å². The van der Waals surface area contributed by atoms with Crippen LogP contribution in [-0.2, 0) is 11.2 Å². The van der Waals surface area contributed by atoms with Crippen LogP contribution in [-0.4, -0.2) is 16.9 Å². The Morgan fingerprint density at radius 2 is 1.96 bits per heavy atom. The quantitative estimate of drug-likeness (QED) is 0.630. The van der Waals surface area contributed by atoms with Gasteiger partial charge in [-0.2, -0.15) is 0 Å². The maximum Gasteiger partial charge on any atom is 0.292 e. The number of nitrogens with one attached hydrogen (secondary N) is 2. The number of para-hydroxylation sites is 2. The standard InChI is InChI=1S/C17H19N3O3/c1-3-13-7-6-8-14(11-13)18-12(2)17(21)19-15-9-4-5-10-16(15)20(22)23/h4-12,18H,3H2,1-2H3,(H,19,21)/t12-/m1/s1. The number of hydrogen-bond acceptors (Lipinski definition) is 4. The monoisotopic (exact) mass is 313 g/mol. The number of amides is 1. The molecule has 120 valence electrons. The van der Waals surface area contributed by atoms with E-state index < -0.39 is 11.0 Å². The number of rotatable bonds is 6. The van der Waals surface area contributed by atoms with Gasteiger partial charge in [0.15, 0.2) is 0 Å². The van der Waals surface area contributed by atoms with E-state index in [4.69, 9.17) is 0 Å². The van der Waals surface area contributed by atoms with Crippen molar-refractivity contribution in [2.75, 3.05) is 10.6 Å². The number of hydrogen-bond donors (Lipinski definition) is 2. The fraction of sp³-hybridized carbons (Fsp3) is 0.235. The topological polar surface area (TPSA) is 84.3 Å². The second-order valence-corrected chi connectivity index (χ2v) is 5.18. The van der Waals surface area contributed by atoms with Crippen molar-refractivity contribution in [3.8, 4) is 0 Å². The van der Waals surface area contributed by atoms with E-state index in [1.54, 1.807) is 19.1 Å². The Kier molecular flexibility index (Phi) is 5.30. The summed E-state index contributed by atoms with van der Waals surface area (Å²) in [4.78, 5) is 22.7. The first-order chi connectivity index (χ1) is 11.0. The number of nitrogens with zero attached hydrogens (tertiary/aromatic N) is 1. The summed E-state index contributed by atoms with van der Waals surface area (Å²) in [5, 5.41) is 16.7. The molecule has 2 rings (SSSR count). The first-order valence-electron chi connectivity index (χ1n) is 7.41. The van der Waals surface area contributed by atoms with Crippen LogP contribution in [0.25, 0.3) is 0 Å². The van der Waals surface area contributed by atoms with E-state index in [0.29, 0.717) is 0 Å². The molecule has 0 aliphatic rings. The Balaban J connectivity index is 2.07. The lowest BCUT2D eigenvalue weighted by Crippen LogP contribution is -2.32. The fourth-order valence-corrected chi connectivity index (χ4v) is 2.18. The minimum Gasteiger partial charge on any atom is -0.374 e. The second kappa shape index (κ2) is 7.40. The highest BCUT2D eigenvalue weighted by Crippen LogP contribution is 2.23. The van der Waals surface area contributed by atoms with Gasteiger partial charge in [0.05, 0.1) is 4.92 Å². The molecule has 0 radical (unpaired) electrons. The maximum atomic E-state index is 12.2. The van der Waals surface area contributed by atoms with Crippen molar-refractivity contribution in [2.45, 2.75) is 26.3 Å². The lowest BCUT2D eigenvalue weighted by atomic mass is 10.1. The SMILES string of the molecule is CCc1cccc(N[C@H](C)C(=O)Nc2ccccc2[N+](=O)[O-])c1. The number of carbonyl (C=O) groups is 1. The summed E-state index contributed by atoms with van der Waals surface area (Å²) in [7, 11) is 0. The molecule has 6 heteroatoms. The molecule has 0 unspecified atom stereocenters. The van der Waals surface area contributed by atoms with Gasteiger partial charge in [-0.15, -0.1) is 0 Å².